The first-order valence-electron chi connectivity index (χ1n) is 14.6. The van der Waals surface area contributed by atoms with Crippen molar-refractivity contribution in [2.75, 3.05) is 45.8 Å². The highest BCUT2D eigenvalue weighted by Gasteiger charge is 2.30. The van der Waals surface area contributed by atoms with Crippen LogP contribution in [0, 0.1) is 5.92 Å². The van der Waals surface area contributed by atoms with Crippen LogP contribution >= 0.6 is 0 Å². The summed E-state index contributed by atoms with van der Waals surface area (Å²) >= 11 is 0. The molecule has 2 aliphatic heterocycles. The van der Waals surface area contributed by atoms with Gasteiger partial charge in [0.05, 0.1) is 0 Å². The standard InChI is InChI=1S/C34H46N4O2/c1-5-7-27(14-17-35)25-36-18-15-29(16-19-36)33(39)38-22-20-37(21-23-38)26-28-8-6-9-32(24-28)40-31-12-10-30(11-13-31)34(2,3)4/h5-14,17,24,29H,1,15-16,18-23,25-26,35H2,2-4H3/b17-14-,27-7+. The minimum Gasteiger partial charge on any atom is -0.457 e. The monoisotopic (exact) mass is 542 g/mol. The lowest BCUT2D eigenvalue weighted by Crippen LogP contribution is -2.51. The highest BCUT2D eigenvalue weighted by Crippen LogP contribution is 2.28. The number of hydrogen-bond acceptors (Lipinski definition) is 5. The van der Waals surface area contributed by atoms with Crippen LogP contribution in [0.25, 0.3) is 0 Å². The molecule has 0 saturated carbocycles. The van der Waals surface area contributed by atoms with Crippen LogP contribution in [0.15, 0.2) is 85.1 Å². The van der Waals surface area contributed by atoms with E-state index >= 15 is 0 Å². The summed E-state index contributed by atoms with van der Waals surface area (Å²) in [6, 6.07) is 16.7. The van der Waals surface area contributed by atoms with Gasteiger partial charge in [-0.3, -0.25) is 14.6 Å². The Morgan fingerprint density at radius 1 is 0.975 bits per heavy atom. The van der Waals surface area contributed by atoms with Crippen molar-refractivity contribution in [3.05, 3.63) is 96.2 Å². The number of allylic oxidation sites excluding steroid dienone is 2. The number of likely N-dealkylation sites (tertiary alicyclic amines) is 1. The third kappa shape index (κ3) is 8.33. The largest absolute Gasteiger partial charge is 0.457 e. The SMILES string of the molecule is C=C/C=C(\C=C/N)CN1CCC(C(=O)N2CCN(Cc3cccc(Oc4ccc(C(C)(C)C)cc4)c3)CC2)CC1. The lowest BCUT2D eigenvalue weighted by molar-refractivity contribution is -0.138. The summed E-state index contributed by atoms with van der Waals surface area (Å²) in [6.45, 7) is 17.4. The van der Waals surface area contributed by atoms with Crippen LogP contribution in [0.1, 0.15) is 44.7 Å². The molecule has 2 aromatic rings. The molecule has 40 heavy (non-hydrogen) atoms. The molecule has 0 aliphatic carbocycles. The van der Waals surface area contributed by atoms with Crippen molar-refractivity contribution in [1.29, 1.82) is 0 Å². The van der Waals surface area contributed by atoms with E-state index in [1.54, 1.807) is 12.3 Å². The molecule has 0 bridgehead atoms. The highest BCUT2D eigenvalue weighted by molar-refractivity contribution is 5.79. The Labute approximate surface area is 240 Å². The molecule has 2 aliphatic rings. The summed E-state index contributed by atoms with van der Waals surface area (Å²) in [6.07, 6.45) is 9.12. The summed E-state index contributed by atoms with van der Waals surface area (Å²) < 4.78 is 6.15. The summed E-state index contributed by atoms with van der Waals surface area (Å²) in [5.74, 6) is 2.17. The molecule has 0 radical (unpaired) electrons. The molecular weight excluding hydrogens is 496 g/mol. The second-order valence-electron chi connectivity index (χ2n) is 12.0. The zero-order valence-electron chi connectivity index (χ0n) is 24.5. The maximum Gasteiger partial charge on any atom is 0.225 e. The molecule has 0 unspecified atom stereocenters. The topological polar surface area (TPSA) is 62.0 Å². The Balaban J connectivity index is 1.22. The second-order valence-corrected chi connectivity index (χ2v) is 12.0. The molecule has 0 spiro atoms. The average Bonchev–Trinajstić information content (AvgIpc) is 2.94. The maximum absolute atomic E-state index is 13.3. The van der Waals surface area contributed by atoms with E-state index in [-0.39, 0.29) is 11.3 Å². The number of carbonyl (C=O) groups excluding carboxylic acids is 1. The smallest absolute Gasteiger partial charge is 0.225 e. The first-order valence-corrected chi connectivity index (χ1v) is 14.6. The van der Waals surface area contributed by atoms with Gasteiger partial charge in [-0.05, 0) is 84.6 Å². The molecule has 6 nitrogen and oxygen atoms in total. The molecule has 1 amide bonds. The molecule has 214 valence electrons. The van der Waals surface area contributed by atoms with Gasteiger partial charge in [-0.15, -0.1) is 0 Å². The lowest BCUT2D eigenvalue weighted by Gasteiger charge is -2.38. The van der Waals surface area contributed by atoms with Crippen LogP contribution in [-0.2, 0) is 16.8 Å². The molecule has 2 N–H and O–H groups in total. The number of piperidine rings is 1. The minimum atomic E-state index is 0.126. The molecule has 4 rings (SSSR count). The fourth-order valence-electron chi connectivity index (χ4n) is 5.54. The highest BCUT2D eigenvalue weighted by atomic mass is 16.5. The zero-order valence-corrected chi connectivity index (χ0v) is 24.5. The number of piperazine rings is 1. The van der Waals surface area contributed by atoms with Gasteiger partial charge in [0.25, 0.3) is 0 Å². The van der Waals surface area contributed by atoms with E-state index in [1.807, 2.05) is 30.4 Å². The molecule has 0 aromatic heterocycles. The van der Waals surface area contributed by atoms with Gasteiger partial charge in [0.1, 0.15) is 11.5 Å². The van der Waals surface area contributed by atoms with Crippen molar-refractivity contribution in [1.82, 2.24) is 14.7 Å². The van der Waals surface area contributed by atoms with E-state index in [0.717, 1.165) is 82.3 Å². The molecule has 2 saturated heterocycles. The third-order valence-electron chi connectivity index (χ3n) is 7.93. The number of rotatable bonds is 9. The summed E-state index contributed by atoms with van der Waals surface area (Å²) in [7, 11) is 0. The summed E-state index contributed by atoms with van der Waals surface area (Å²) in [4.78, 5) is 20.2. The van der Waals surface area contributed by atoms with Crippen LogP contribution in [0.5, 0.6) is 11.5 Å². The van der Waals surface area contributed by atoms with E-state index in [0.29, 0.717) is 5.91 Å². The molecular formula is C34H46N4O2. The Kier molecular flexibility index (Phi) is 10.2. The Morgan fingerprint density at radius 3 is 2.30 bits per heavy atom. The number of nitrogens with two attached hydrogens (primary N) is 1. The minimum absolute atomic E-state index is 0.126. The predicted octanol–water partition coefficient (Wildman–Crippen LogP) is 5.72. The van der Waals surface area contributed by atoms with Gasteiger partial charge >= 0.3 is 0 Å². The van der Waals surface area contributed by atoms with E-state index in [4.69, 9.17) is 10.5 Å². The molecule has 0 atom stereocenters. The Bertz CT molecular complexity index is 1180. The van der Waals surface area contributed by atoms with E-state index < -0.39 is 0 Å². The van der Waals surface area contributed by atoms with Gasteiger partial charge < -0.3 is 15.4 Å². The second kappa shape index (κ2) is 13.8. The van der Waals surface area contributed by atoms with Crippen LogP contribution in [0.2, 0.25) is 0 Å². The molecule has 2 aromatic carbocycles. The van der Waals surface area contributed by atoms with Crippen molar-refractivity contribution >= 4 is 5.91 Å². The van der Waals surface area contributed by atoms with E-state index in [2.05, 4.69) is 72.4 Å². The van der Waals surface area contributed by atoms with Crippen LogP contribution < -0.4 is 10.5 Å². The number of hydrogen-bond donors (Lipinski definition) is 1. The molecule has 6 heteroatoms. The predicted molar refractivity (Wildman–Crippen MR) is 164 cm³/mol. The average molecular weight is 543 g/mol. The fourth-order valence-corrected chi connectivity index (χ4v) is 5.54. The number of amides is 1. The first kappa shape index (κ1) is 29.6. The maximum atomic E-state index is 13.3. The van der Waals surface area contributed by atoms with Gasteiger partial charge in [-0.2, -0.15) is 0 Å². The van der Waals surface area contributed by atoms with Crippen molar-refractivity contribution in [3.63, 3.8) is 0 Å². The summed E-state index contributed by atoms with van der Waals surface area (Å²) in [5.41, 5.74) is 9.37. The van der Waals surface area contributed by atoms with E-state index in [9.17, 15) is 4.79 Å². The number of carbonyl (C=O) groups is 1. The normalized spacial score (nSPS) is 18.3. The van der Waals surface area contributed by atoms with Crippen molar-refractivity contribution in [2.45, 2.75) is 45.6 Å². The molecule has 2 fully saturated rings. The van der Waals surface area contributed by atoms with E-state index in [1.165, 1.54) is 11.1 Å². The van der Waals surface area contributed by atoms with Gasteiger partial charge in [0.15, 0.2) is 0 Å². The third-order valence-corrected chi connectivity index (χ3v) is 7.93. The van der Waals surface area contributed by atoms with Crippen LogP contribution in [0.3, 0.4) is 0 Å². The number of benzene rings is 2. The van der Waals surface area contributed by atoms with Gasteiger partial charge in [0.2, 0.25) is 5.91 Å². The summed E-state index contributed by atoms with van der Waals surface area (Å²) in [5, 5.41) is 0. The van der Waals surface area contributed by atoms with Gasteiger partial charge in [-0.25, -0.2) is 0 Å². The molecule has 2 heterocycles. The van der Waals surface area contributed by atoms with Crippen LogP contribution in [-0.4, -0.2) is 66.4 Å². The zero-order chi connectivity index (χ0) is 28.5. The van der Waals surface area contributed by atoms with Gasteiger partial charge in [-0.1, -0.05) is 63.8 Å². The Morgan fingerprint density at radius 2 is 1.68 bits per heavy atom. The first-order chi connectivity index (χ1) is 19.2. The lowest BCUT2D eigenvalue weighted by atomic mass is 9.87. The van der Waals surface area contributed by atoms with Crippen molar-refractivity contribution < 1.29 is 9.53 Å². The fraction of sp³-hybridized carbons (Fsp3) is 0.441. The Hall–Kier alpha value is -3.35. The van der Waals surface area contributed by atoms with Crippen molar-refractivity contribution in [2.24, 2.45) is 11.7 Å². The van der Waals surface area contributed by atoms with Crippen molar-refractivity contribution in [3.8, 4) is 11.5 Å². The quantitative estimate of drug-likeness (QED) is 0.411. The van der Waals surface area contributed by atoms with Crippen LogP contribution in [0.4, 0.5) is 0 Å². The number of ether oxygens (including phenoxy) is 1. The number of nitrogens with zero attached hydrogens (tertiary/aromatic N) is 3. The van der Waals surface area contributed by atoms with Gasteiger partial charge in [0, 0.05) is 45.2 Å².